The number of carbonyl (C=O) groups is 2. The summed E-state index contributed by atoms with van der Waals surface area (Å²) >= 11 is 0. The van der Waals surface area contributed by atoms with Crippen molar-refractivity contribution in [3.05, 3.63) is 0 Å². The van der Waals surface area contributed by atoms with Crippen LogP contribution in [-0.2, 0) is 9.59 Å². The Morgan fingerprint density at radius 2 is 1.90 bits per heavy atom. The molecule has 1 saturated heterocycles. The maximum absolute atomic E-state index is 12.8. The van der Waals surface area contributed by atoms with Gasteiger partial charge in [0.2, 0.25) is 11.8 Å². The van der Waals surface area contributed by atoms with E-state index in [1.54, 1.807) is 19.0 Å². The number of hydrogen-bond donors (Lipinski definition) is 1. The molecule has 1 heterocycles. The second-order valence-electron chi connectivity index (χ2n) is 6.90. The van der Waals surface area contributed by atoms with Crippen molar-refractivity contribution >= 4 is 11.8 Å². The second-order valence-corrected chi connectivity index (χ2v) is 6.90. The molecule has 0 aromatic rings. The first-order valence-electron chi connectivity index (χ1n) is 8.19. The van der Waals surface area contributed by atoms with Crippen LogP contribution < -0.4 is 5.73 Å². The van der Waals surface area contributed by atoms with Crippen LogP contribution in [0.4, 0.5) is 0 Å². The predicted octanol–water partition coefficient (Wildman–Crippen LogP) is 1.22. The number of nitrogens with zero attached hydrogens (tertiary/aromatic N) is 2. The molecule has 0 aromatic heterocycles. The molecule has 2 aliphatic rings. The molecule has 0 aromatic carbocycles. The summed E-state index contributed by atoms with van der Waals surface area (Å²) in [6.45, 7) is 2.73. The molecule has 2 rings (SSSR count). The van der Waals surface area contributed by atoms with Gasteiger partial charge in [0.15, 0.2) is 0 Å². The van der Waals surface area contributed by atoms with Crippen molar-refractivity contribution in [3.63, 3.8) is 0 Å². The summed E-state index contributed by atoms with van der Waals surface area (Å²) in [5, 5.41) is 0. The first-order chi connectivity index (χ1) is 9.91. The lowest BCUT2D eigenvalue weighted by Crippen LogP contribution is -2.48. The summed E-state index contributed by atoms with van der Waals surface area (Å²) in [4.78, 5) is 28.4. The van der Waals surface area contributed by atoms with Gasteiger partial charge in [0, 0.05) is 32.6 Å². The number of likely N-dealkylation sites (N-methyl/N-ethyl adjacent to an activating group) is 1. The maximum Gasteiger partial charge on any atom is 0.244 e. The highest BCUT2D eigenvalue weighted by atomic mass is 16.2. The zero-order valence-corrected chi connectivity index (χ0v) is 13.5. The summed E-state index contributed by atoms with van der Waals surface area (Å²) in [5.74, 6) is 0.545. The topological polar surface area (TPSA) is 66.6 Å². The van der Waals surface area contributed by atoms with Crippen molar-refractivity contribution in [2.45, 2.75) is 57.5 Å². The second kappa shape index (κ2) is 6.77. The van der Waals surface area contributed by atoms with Gasteiger partial charge < -0.3 is 15.5 Å². The molecule has 2 fully saturated rings. The van der Waals surface area contributed by atoms with Gasteiger partial charge in [0.25, 0.3) is 0 Å². The summed E-state index contributed by atoms with van der Waals surface area (Å²) in [6.07, 6.45) is 5.92. The molecule has 0 bridgehead atoms. The minimum Gasteiger partial charge on any atom is -0.347 e. The fraction of sp³-hybridized carbons (Fsp3) is 0.875. The molecule has 0 spiro atoms. The predicted molar refractivity (Wildman–Crippen MR) is 82.5 cm³/mol. The molecule has 120 valence electrons. The Labute approximate surface area is 127 Å². The fourth-order valence-electron chi connectivity index (χ4n) is 3.77. The summed E-state index contributed by atoms with van der Waals surface area (Å²) < 4.78 is 0. The molecule has 5 heteroatoms. The Kier molecular flexibility index (Phi) is 5.25. The van der Waals surface area contributed by atoms with Gasteiger partial charge in [0.05, 0.1) is 0 Å². The van der Waals surface area contributed by atoms with Crippen molar-refractivity contribution < 1.29 is 9.59 Å². The standard InChI is InChI=1S/C16H29N3O2/c1-11(12-6-4-7-13(17)10-12)15(20)19-9-5-8-14(19)16(21)18(2)3/h11-14H,4-10,17H2,1-3H3. The lowest BCUT2D eigenvalue weighted by molar-refractivity contribution is -0.145. The number of likely N-dealkylation sites (tertiary alicyclic amines) is 1. The zero-order valence-electron chi connectivity index (χ0n) is 13.5. The van der Waals surface area contributed by atoms with E-state index < -0.39 is 0 Å². The van der Waals surface area contributed by atoms with Crippen LogP contribution in [0.3, 0.4) is 0 Å². The lowest BCUT2D eigenvalue weighted by atomic mass is 9.78. The SMILES string of the molecule is CC(C(=O)N1CCCC1C(=O)N(C)C)C1CCCC(N)C1. The zero-order chi connectivity index (χ0) is 15.6. The van der Waals surface area contributed by atoms with Crippen LogP contribution >= 0.6 is 0 Å². The van der Waals surface area contributed by atoms with Gasteiger partial charge in [-0.05, 0) is 38.0 Å². The van der Waals surface area contributed by atoms with Crippen LogP contribution in [-0.4, -0.2) is 54.3 Å². The number of rotatable bonds is 3. The van der Waals surface area contributed by atoms with E-state index in [0.717, 1.165) is 38.5 Å². The molecule has 0 radical (unpaired) electrons. The Hall–Kier alpha value is -1.10. The van der Waals surface area contributed by atoms with Crippen LogP contribution in [0.2, 0.25) is 0 Å². The van der Waals surface area contributed by atoms with Gasteiger partial charge in [-0.2, -0.15) is 0 Å². The molecular formula is C16H29N3O2. The van der Waals surface area contributed by atoms with Crippen molar-refractivity contribution in [3.8, 4) is 0 Å². The van der Waals surface area contributed by atoms with E-state index >= 15 is 0 Å². The molecule has 4 unspecified atom stereocenters. The average molecular weight is 295 g/mol. The van der Waals surface area contributed by atoms with Crippen LogP contribution in [0.25, 0.3) is 0 Å². The van der Waals surface area contributed by atoms with Gasteiger partial charge in [-0.25, -0.2) is 0 Å². The summed E-state index contributed by atoms with van der Waals surface area (Å²) in [7, 11) is 3.51. The number of carbonyl (C=O) groups excluding carboxylic acids is 2. The third kappa shape index (κ3) is 3.57. The normalized spacial score (nSPS) is 31.0. The minimum absolute atomic E-state index is 0.0214. The quantitative estimate of drug-likeness (QED) is 0.851. The van der Waals surface area contributed by atoms with E-state index in [2.05, 4.69) is 0 Å². The molecule has 1 aliphatic carbocycles. The van der Waals surface area contributed by atoms with Crippen molar-refractivity contribution in [2.75, 3.05) is 20.6 Å². The lowest BCUT2D eigenvalue weighted by Gasteiger charge is -2.34. The highest BCUT2D eigenvalue weighted by Crippen LogP contribution is 2.32. The maximum atomic E-state index is 12.8. The molecule has 2 amide bonds. The number of amides is 2. The van der Waals surface area contributed by atoms with E-state index in [0.29, 0.717) is 12.5 Å². The van der Waals surface area contributed by atoms with E-state index in [1.807, 2.05) is 11.8 Å². The van der Waals surface area contributed by atoms with Crippen LogP contribution in [0.5, 0.6) is 0 Å². The first-order valence-corrected chi connectivity index (χ1v) is 8.19. The third-order valence-electron chi connectivity index (χ3n) is 5.11. The molecule has 5 nitrogen and oxygen atoms in total. The summed E-state index contributed by atoms with van der Waals surface area (Å²) in [5.41, 5.74) is 6.05. The Morgan fingerprint density at radius 3 is 2.52 bits per heavy atom. The van der Waals surface area contributed by atoms with Gasteiger partial charge in [0.1, 0.15) is 6.04 Å². The molecular weight excluding hydrogens is 266 g/mol. The largest absolute Gasteiger partial charge is 0.347 e. The van der Waals surface area contributed by atoms with Crippen molar-refractivity contribution in [1.29, 1.82) is 0 Å². The monoisotopic (exact) mass is 295 g/mol. The molecule has 4 atom stereocenters. The molecule has 21 heavy (non-hydrogen) atoms. The van der Waals surface area contributed by atoms with Crippen molar-refractivity contribution in [1.82, 2.24) is 9.80 Å². The molecule has 2 N–H and O–H groups in total. The highest BCUT2D eigenvalue weighted by molar-refractivity contribution is 5.88. The van der Waals surface area contributed by atoms with Crippen LogP contribution in [0.15, 0.2) is 0 Å². The van der Waals surface area contributed by atoms with E-state index in [4.69, 9.17) is 5.73 Å². The Bertz CT molecular complexity index is 397. The third-order valence-corrected chi connectivity index (χ3v) is 5.11. The fourth-order valence-corrected chi connectivity index (χ4v) is 3.77. The first kappa shape index (κ1) is 16.3. The van der Waals surface area contributed by atoms with Gasteiger partial charge in [-0.1, -0.05) is 13.3 Å². The van der Waals surface area contributed by atoms with E-state index in [-0.39, 0.29) is 29.8 Å². The Morgan fingerprint density at radius 1 is 1.19 bits per heavy atom. The van der Waals surface area contributed by atoms with Gasteiger partial charge in [-0.15, -0.1) is 0 Å². The van der Waals surface area contributed by atoms with E-state index in [1.165, 1.54) is 0 Å². The van der Waals surface area contributed by atoms with Gasteiger partial charge >= 0.3 is 0 Å². The van der Waals surface area contributed by atoms with Crippen molar-refractivity contribution in [2.24, 2.45) is 17.6 Å². The smallest absolute Gasteiger partial charge is 0.244 e. The Balaban J connectivity index is 2.02. The molecule has 1 aliphatic heterocycles. The summed E-state index contributed by atoms with van der Waals surface area (Å²) in [6, 6.07) is -0.0241. The highest BCUT2D eigenvalue weighted by Gasteiger charge is 2.39. The average Bonchev–Trinajstić information content (AvgIpc) is 2.94. The molecule has 1 saturated carbocycles. The van der Waals surface area contributed by atoms with Crippen LogP contribution in [0.1, 0.15) is 45.4 Å². The van der Waals surface area contributed by atoms with E-state index in [9.17, 15) is 9.59 Å². The number of hydrogen-bond acceptors (Lipinski definition) is 3. The van der Waals surface area contributed by atoms with Crippen LogP contribution in [0, 0.1) is 11.8 Å². The minimum atomic E-state index is -0.257. The van der Waals surface area contributed by atoms with Gasteiger partial charge in [-0.3, -0.25) is 9.59 Å². The number of nitrogens with two attached hydrogens (primary N) is 1.